The summed E-state index contributed by atoms with van der Waals surface area (Å²) in [6.45, 7) is 0.112. The number of carbonyl (C=O) groups excluding carboxylic acids is 1. The topological polar surface area (TPSA) is 85.3 Å². The normalized spacial score (nSPS) is 9.71. The van der Waals surface area contributed by atoms with Gasteiger partial charge in [-0.1, -0.05) is 12.1 Å². The largest absolute Gasteiger partial charge is 0.497 e. The summed E-state index contributed by atoms with van der Waals surface area (Å²) < 4.78 is 10.3. The van der Waals surface area contributed by atoms with Gasteiger partial charge in [-0.05, 0) is 35.9 Å². The van der Waals surface area contributed by atoms with Crippen molar-refractivity contribution in [2.24, 2.45) is 0 Å². The number of nitrogens with zero attached hydrogens (tertiary/aromatic N) is 1. The van der Waals surface area contributed by atoms with E-state index in [1.165, 1.54) is 13.2 Å². The van der Waals surface area contributed by atoms with E-state index in [0.717, 1.165) is 5.56 Å². The van der Waals surface area contributed by atoms with Crippen LogP contribution in [0.5, 0.6) is 5.75 Å². The minimum absolute atomic E-state index is 0.112. The van der Waals surface area contributed by atoms with E-state index in [4.69, 9.17) is 20.5 Å². The van der Waals surface area contributed by atoms with Crippen LogP contribution >= 0.6 is 0 Å². The van der Waals surface area contributed by atoms with Gasteiger partial charge in [-0.3, -0.25) is 0 Å². The second kappa shape index (κ2) is 6.44. The van der Waals surface area contributed by atoms with Crippen molar-refractivity contribution in [3.63, 3.8) is 0 Å². The molecule has 0 saturated heterocycles. The van der Waals surface area contributed by atoms with Gasteiger partial charge >= 0.3 is 5.97 Å². The van der Waals surface area contributed by atoms with Gasteiger partial charge in [0.15, 0.2) is 0 Å². The van der Waals surface area contributed by atoms with Gasteiger partial charge in [0.25, 0.3) is 0 Å². The molecule has 0 aliphatic rings. The number of esters is 1. The Kier molecular flexibility index (Phi) is 4.42. The van der Waals surface area contributed by atoms with Crippen molar-refractivity contribution in [3.05, 3.63) is 59.2 Å². The molecule has 2 aromatic carbocycles. The van der Waals surface area contributed by atoms with Crippen molar-refractivity contribution in [3.8, 4) is 11.8 Å². The Morgan fingerprint density at radius 2 is 1.95 bits per heavy atom. The molecule has 0 aliphatic carbocycles. The fourth-order valence-electron chi connectivity index (χ4n) is 1.74. The monoisotopic (exact) mass is 282 g/mol. The van der Waals surface area contributed by atoms with Crippen LogP contribution in [-0.4, -0.2) is 13.1 Å². The molecule has 2 N–H and O–H groups in total. The fraction of sp³-hybridized carbons (Fsp3) is 0.125. The highest BCUT2D eigenvalue weighted by atomic mass is 16.5. The molecule has 0 radical (unpaired) electrons. The zero-order chi connectivity index (χ0) is 15.2. The predicted octanol–water partition coefficient (Wildman–Crippen LogP) is 2.51. The van der Waals surface area contributed by atoms with Gasteiger partial charge in [-0.2, -0.15) is 5.26 Å². The van der Waals surface area contributed by atoms with Crippen molar-refractivity contribution in [2.45, 2.75) is 6.61 Å². The molecule has 2 aromatic rings. The minimum atomic E-state index is -0.518. The molecule has 0 spiro atoms. The lowest BCUT2D eigenvalue weighted by Gasteiger charge is -2.08. The molecule has 0 heterocycles. The van der Waals surface area contributed by atoms with E-state index in [9.17, 15) is 4.79 Å². The molecule has 0 saturated carbocycles. The number of nitriles is 1. The van der Waals surface area contributed by atoms with Gasteiger partial charge in [-0.15, -0.1) is 0 Å². The molecule has 0 unspecified atom stereocenters. The Morgan fingerprint density at radius 3 is 2.57 bits per heavy atom. The standard InChI is InChI=1S/C16H14N2O3/c1-20-13-6-7-15(18)14(8-13)16(19)21-10-12-4-2-11(9-17)3-5-12/h2-8H,10,18H2,1H3. The van der Waals surface area contributed by atoms with Gasteiger partial charge in [0.05, 0.1) is 24.3 Å². The number of hydrogen-bond donors (Lipinski definition) is 1. The third-order valence-electron chi connectivity index (χ3n) is 2.93. The van der Waals surface area contributed by atoms with Crippen molar-refractivity contribution in [1.29, 1.82) is 5.26 Å². The van der Waals surface area contributed by atoms with Crippen molar-refractivity contribution >= 4 is 11.7 Å². The molecule has 106 valence electrons. The number of carbonyl (C=O) groups is 1. The molecule has 0 bridgehead atoms. The molecule has 0 aromatic heterocycles. The quantitative estimate of drug-likeness (QED) is 0.688. The summed E-state index contributed by atoms with van der Waals surface area (Å²) in [7, 11) is 1.51. The first-order chi connectivity index (χ1) is 10.1. The summed E-state index contributed by atoms with van der Waals surface area (Å²) in [5.41, 5.74) is 7.71. The van der Waals surface area contributed by atoms with Crippen LogP contribution < -0.4 is 10.5 Å². The lowest BCUT2D eigenvalue weighted by atomic mass is 10.1. The Labute approximate surface area is 122 Å². The summed E-state index contributed by atoms with van der Waals surface area (Å²) in [4.78, 5) is 12.0. The third-order valence-corrected chi connectivity index (χ3v) is 2.93. The van der Waals surface area contributed by atoms with E-state index in [1.807, 2.05) is 6.07 Å². The molecule has 5 heteroatoms. The van der Waals surface area contributed by atoms with Crippen LogP contribution in [0.25, 0.3) is 0 Å². The Bertz CT molecular complexity index is 688. The zero-order valence-electron chi connectivity index (χ0n) is 11.5. The second-order valence-electron chi connectivity index (χ2n) is 4.34. The molecule has 0 aliphatic heterocycles. The molecular weight excluding hydrogens is 268 g/mol. The first kappa shape index (κ1) is 14.4. The van der Waals surface area contributed by atoms with E-state index < -0.39 is 5.97 Å². The van der Waals surface area contributed by atoms with E-state index >= 15 is 0 Å². The number of nitrogens with two attached hydrogens (primary N) is 1. The Morgan fingerprint density at radius 1 is 1.24 bits per heavy atom. The lowest BCUT2D eigenvalue weighted by molar-refractivity contribution is 0.0473. The first-order valence-electron chi connectivity index (χ1n) is 6.23. The van der Waals surface area contributed by atoms with Crippen LogP contribution in [0.2, 0.25) is 0 Å². The number of benzene rings is 2. The van der Waals surface area contributed by atoms with Gasteiger partial charge in [-0.25, -0.2) is 4.79 Å². The summed E-state index contributed by atoms with van der Waals surface area (Å²) in [5, 5.41) is 8.71. The van der Waals surface area contributed by atoms with Crippen LogP contribution in [-0.2, 0) is 11.3 Å². The van der Waals surface area contributed by atoms with Gasteiger partial charge in [0.1, 0.15) is 12.4 Å². The van der Waals surface area contributed by atoms with Crippen LogP contribution in [0, 0.1) is 11.3 Å². The molecule has 21 heavy (non-hydrogen) atoms. The lowest BCUT2D eigenvalue weighted by Crippen LogP contribution is -2.08. The number of hydrogen-bond acceptors (Lipinski definition) is 5. The maximum absolute atomic E-state index is 12.0. The average molecular weight is 282 g/mol. The third kappa shape index (κ3) is 3.51. The molecule has 0 amide bonds. The SMILES string of the molecule is COc1ccc(N)c(C(=O)OCc2ccc(C#N)cc2)c1. The molecular formula is C16H14N2O3. The molecule has 0 fully saturated rings. The Hall–Kier alpha value is -3.00. The molecule has 5 nitrogen and oxygen atoms in total. The highest BCUT2D eigenvalue weighted by molar-refractivity contribution is 5.95. The number of methoxy groups -OCH3 is 1. The minimum Gasteiger partial charge on any atom is -0.497 e. The van der Waals surface area contributed by atoms with Crippen LogP contribution in [0.1, 0.15) is 21.5 Å². The maximum Gasteiger partial charge on any atom is 0.340 e. The zero-order valence-corrected chi connectivity index (χ0v) is 11.5. The van der Waals surface area contributed by atoms with Crippen molar-refractivity contribution in [2.75, 3.05) is 12.8 Å². The van der Waals surface area contributed by atoms with E-state index in [-0.39, 0.29) is 12.2 Å². The number of ether oxygens (including phenoxy) is 2. The van der Waals surface area contributed by atoms with Gasteiger partial charge < -0.3 is 15.2 Å². The van der Waals surface area contributed by atoms with E-state index in [0.29, 0.717) is 17.0 Å². The predicted molar refractivity (Wildman–Crippen MR) is 77.7 cm³/mol. The summed E-state index contributed by atoms with van der Waals surface area (Å²) in [5.74, 6) is 0.0188. The van der Waals surface area contributed by atoms with Crippen molar-refractivity contribution in [1.82, 2.24) is 0 Å². The summed E-state index contributed by atoms with van der Waals surface area (Å²) >= 11 is 0. The number of anilines is 1. The Balaban J connectivity index is 2.06. The fourth-order valence-corrected chi connectivity index (χ4v) is 1.74. The van der Waals surface area contributed by atoms with E-state index in [2.05, 4.69) is 0 Å². The molecule has 2 rings (SSSR count). The summed E-state index contributed by atoms with van der Waals surface area (Å²) in [6, 6.07) is 13.6. The smallest absolute Gasteiger partial charge is 0.340 e. The maximum atomic E-state index is 12.0. The second-order valence-corrected chi connectivity index (χ2v) is 4.34. The van der Waals surface area contributed by atoms with Gasteiger partial charge in [0.2, 0.25) is 0 Å². The van der Waals surface area contributed by atoms with Crippen LogP contribution in [0.15, 0.2) is 42.5 Å². The van der Waals surface area contributed by atoms with Crippen LogP contribution in [0.3, 0.4) is 0 Å². The molecule has 0 atom stereocenters. The number of nitrogen functional groups attached to an aromatic ring is 1. The first-order valence-corrected chi connectivity index (χ1v) is 6.23. The highest BCUT2D eigenvalue weighted by Gasteiger charge is 2.12. The summed E-state index contributed by atoms with van der Waals surface area (Å²) in [6.07, 6.45) is 0. The highest BCUT2D eigenvalue weighted by Crippen LogP contribution is 2.20. The van der Waals surface area contributed by atoms with Gasteiger partial charge in [0, 0.05) is 5.69 Å². The van der Waals surface area contributed by atoms with Crippen molar-refractivity contribution < 1.29 is 14.3 Å². The van der Waals surface area contributed by atoms with E-state index in [1.54, 1.807) is 36.4 Å². The average Bonchev–Trinajstić information content (AvgIpc) is 2.53. The van der Waals surface area contributed by atoms with Crippen LogP contribution in [0.4, 0.5) is 5.69 Å². The number of rotatable bonds is 4.